The fourth-order valence-corrected chi connectivity index (χ4v) is 3.89. The molecule has 0 bridgehead atoms. The maximum Gasteiger partial charge on any atom is 0.335 e. The lowest BCUT2D eigenvalue weighted by atomic mass is 9.76. The van der Waals surface area contributed by atoms with Crippen LogP contribution in [0.3, 0.4) is 0 Å². The predicted molar refractivity (Wildman–Crippen MR) is 140 cm³/mol. The number of carbonyl (C=O) groups excluding carboxylic acids is 2. The van der Waals surface area contributed by atoms with Gasteiger partial charge < -0.3 is 23.7 Å². The zero-order valence-corrected chi connectivity index (χ0v) is 22.3. The summed E-state index contributed by atoms with van der Waals surface area (Å²) in [7, 11) is 0. The van der Waals surface area contributed by atoms with Crippen LogP contribution in [0.15, 0.2) is 43.5 Å². The SMILES string of the molecule is C=CC(=O)Oc1cc(C(C)(C)c2ccc(C)c(OC(=O)C=C)c2OCC)c(OCC)c(OCC)c1C. The highest BCUT2D eigenvalue weighted by Crippen LogP contribution is 2.51. The second kappa shape index (κ2) is 12.3. The molecular weight excluding hydrogens is 460 g/mol. The van der Waals surface area contributed by atoms with Gasteiger partial charge in [0.1, 0.15) is 5.75 Å². The van der Waals surface area contributed by atoms with Crippen LogP contribution in [0.5, 0.6) is 28.7 Å². The molecule has 0 unspecified atom stereocenters. The maximum absolute atomic E-state index is 12.1. The highest BCUT2D eigenvalue weighted by molar-refractivity contribution is 5.85. The molecule has 0 amide bonds. The minimum absolute atomic E-state index is 0.320. The summed E-state index contributed by atoms with van der Waals surface area (Å²) in [4.78, 5) is 24.2. The van der Waals surface area contributed by atoms with Crippen LogP contribution in [0.1, 0.15) is 56.9 Å². The quantitative estimate of drug-likeness (QED) is 0.202. The second-order valence-corrected chi connectivity index (χ2v) is 8.47. The van der Waals surface area contributed by atoms with E-state index < -0.39 is 17.4 Å². The van der Waals surface area contributed by atoms with E-state index in [2.05, 4.69) is 13.2 Å². The molecule has 2 aromatic rings. The van der Waals surface area contributed by atoms with Crippen molar-refractivity contribution in [3.8, 4) is 28.7 Å². The van der Waals surface area contributed by atoms with Crippen LogP contribution >= 0.6 is 0 Å². The van der Waals surface area contributed by atoms with Crippen LogP contribution in [0.2, 0.25) is 0 Å². The van der Waals surface area contributed by atoms with Gasteiger partial charge in [0.15, 0.2) is 23.0 Å². The standard InChI is InChI=1S/C29H36O7/c1-10-23(30)35-22-17-21(28(34-14-5)26(19(22)7)32-12-3)29(8,9)20-16-15-18(6)25(27(20)33-13-4)36-24(31)11-2/h10-11,15-17H,1-2,12-14H2,3-9H3. The van der Waals surface area contributed by atoms with E-state index in [1.54, 1.807) is 13.0 Å². The first-order valence-corrected chi connectivity index (χ1v) is 12.0. The van der Waals surface area contributed by atoms with Crippen LogP contribution < -0.4 is 23.7 Å². The number of esters is 2. The van der Waals surface area contributed by atoms with Crippen LogP contribution in [0.4, 0.5) is 0 Å². The number of hydrogen-bond acceptors (Lipinski definition) is 7. The normalized spacial score (nSPS) is 10.9. The average molecular weight is 497 g/mol. The van der Waals surface area contributed by atoms with Gasteiger partial charge in [-0.15, -0.1) is 0 Å². The van der Waals surface area contributed by atoms with E-state index in [1.165, 1.54) is 0 Å². The molecule has 0 heterocycles. The van der Waals surface area contributed by atoms with Gasteiger partial charge in [-0.3, -0.25) is 0 Å². The number of hydrogen-bond donors (Lipinski definition) is 0. The number of benzene rings is 2. The van der Waals surface area contributed by atoms with Gasteiger partial charge in [-0.1, -0.05) is 39.1 Å². The van der Waals surface area contributed by atoms with Gasteiger partial charge in [0.05, 0.1) is 19.8 Å². The van der Waals surface area contributed by atoms with Crippen LogP contribution in [-0.4, -0.2) is 31.8 Å². The Hall–Kier alpha value is -3.74. The molecule has 0 fully saturated rings. The van der Waals surface area contributed by atoms with Crippen molar-refractivity contribution in [2.24, 2.45) is 0 Å². The highest BCUT2D eigenvalue weighted by Gasteiger charge is 2.35. The summed E-state index contributed by atoms with van der Waals surface area (Å²) < 4.78 is 29.3. The van der Waals surface area contributed by atoms with Crippen molar-refractivity contribution in [1.82, 2.24) is 0 Å². The molecule has 0 N–H and O–H groups in total. The van der Waals surface area contributed by atoms with Crippen LogP contribution in [0, 0.1) is 13.8 Å². The number of rotatable bonds is 12. The Morgan fingerprint density at radius 3 is 1.81 bits per heavy atom. The van der Waals surface area contributed by atoms with E-state index in [1.807, 2.05) is 53.7 Å². The van der Waals surface area contributed by atoms with Gasteiger partial charge in [0.25, 0.3) is 0 Å². The molecule has 0 saturated heterocycles. The fourth-order valence-electron chi connectivity index (χ4n) is 3.89. The molecule has 7 nitrogen and oxygen atoms in total. The molecule has 2 rings (SSSR count). The Labute approximate surface area is 213 Å². The molecule has 194 valence electrons. The molecule has 0 spiro atoms. The van der Waals surface area contributed by atoms with Crippen molar-refractivity contribution >= 4 is 11.9 Å². The number of aryl methyl sites for hydroxylation is 1. The molecule has 0 atom stereocenters. The first kappa shape index (κ1) is 28.5. The topological polar surface area (TPSA) is 80.3 Å². The van der Waals surface area contributed by atoms with Crippen molar-refractivity contribution in [3.05, 3.63) is 65.8 Å². The number of ether oxygens (including phenoxy) is 5. The lowest BCUT2D eigenvalue weighted by Gasteiger charge is -2.32. The maximum atomic E-state index is 12.1. The summed E-state index contributed by atoms with van der Waals surface area (Å²) in [5.41, 5.74) is 2.04. The van der Waals surface area contributed by atoms with E-state index in [9.17, 15) is 9.59 Å². The summed E-state index contributed by atoms with van der Waals surface area (Å²) in [5, 5.41) is 0. The van der Waals surface area contributed by atoms with Gasteiger partial charge in [0.2, 0.25) is 0 Å². The summed E-state index contributed by atoms with van der Waals surface area (Å²) in [6.07, 6.45) is 2.21. The Bertz CT molecular complexity index is 1150. The van der Waals surface area contributed by atoms with Crippen LogP contribution in [0.25, 0.3) is 0 Å². The third-order valence-electron chi connectivity index (χ3n) is 5.70. The zero-order chi connectivity index (χ0) is 27.0. The summed E-state index contributed by atoms with van der Waals surface area (Å²) in [5.74, 6) is 0.935. The smallest absolute Gasteiger partial charge is 0.335 e. The molecule has 0 aliphatic carbocycles. The summed E-state index contributed by atoms with van der Waals surface area (Å²) >= 11 is 0. The Kier molecular flexibility index (Phi) is 9.73. The van der Waals surface area contributed by atoms with Crippen molar-refractivity contribution in [1.29, 1.82) is 0 Å². The molecule has 0 aromatic heterocycles. The van der Waals surface area contributed by atoms with E-state index in [4.69, 9.17) is 23.7 Å². The predicted octanol–water partition coefficient (Wildman–Crippen LogP) is 6.01. The molecule has 0 saturated carbocycles. The summed E-state index contributed by atoms with van der Waals surface area (Å²) in [6.45, 7) is 21.3. The molecular formula is C29H36O7. The third-order valence-corrected chi connectivity index (χ3v) is 5.70. The molecule has 2 aromatic carbocycles. The van der Waals surface area contributed by atoms with Gasteiger partial charge in [-0.2, -0.15) is 0 Å². The fraction of sp³-hybridized carbons (Fsp3) is 0.379. The Balaban J connectivity index is 2.92. The van der Waals surface area contributed by atoms with E-state index in [0.717, 1.165) is 23.3 Å². The van der Waals surface area contributed by atoms with E-state index in [0.29, 0.717) is 59.7 Å². The van der Waals surface area contributed by atoms with Gasteiger partial charge >= 0.3 is 11.9 Å². The van der Waals surface area contributed by atoms with Crippen LogP contribution in [-0.2, 0) is 15.0 Å². The lowest BCUT2D eigenvalue weighted by Crippen LogP contribution is -2.23. The van der Waals surface area contributed by atoms with Gasteiger partial charge in [0, 0.05) is 34.3 Å². The monoisotopic (exact) mass is 496 g/mol. The van der Waals surface area contributed by atoms with Crippen molar-refractivity contribution in [2.75, 3.05) is 19.8 Å². The largest absolute Gasteiger partial charge is 0.490 e. The minimum atomic E-state index is -0.771. The summed E-state index contributed by atoms with van der Waals surface area (Å²) in [6, 6.07) is 5.56. The first-order chi connectivity index (χ1) is 17.1. The molecule has 36 heavy (non-hydrogen) atoms. The second-order valence-electron chi connectivity index (χ2n) is 8.47. The van der Waals surface area contributed by atoms with Crippen molar-refractivity contribution < 1.29 is 33.3 Å². The van der Waals surface area contributed by atoms with E-state index >= 15 is 0 Å². The molecule has 0 aliphatic heterocycles. The van der Waals surface area contributed by atoms with E-state index in [-0.39, 0.29) is 0 Å². The zero-order valence-electron chi connectivity index (χ0n) is 22.3. The Morgan fingerprint density at radius 1 is 0.778 bits per heavy atom. The minimum Gasteiger partial charge on any atom is -0.490 e. The lowest BCUT2D eigenvalue weighted by molar-refractivity contribution is -0.130. The average Bonchev–Trinajstić information content (AvgIpc) is 2.84. The van der Waals surface area contributed by atoms with Crippen molar-refractivity contribution in [3.63, 3.8) is 0 Å². The van der Waals surface area contributed by atoms with Gasteiger partial charge in [-0.25, -0.2) is 9.59 Å². The first-order valence-electron chi connectivity index (χ1n) is 12.0. The molecule has 7 heteroatoms. The van der Waals surface area contributed by atoms with Gasteiger partial charge in [-0.05, 0) is 46.2 Å². The third kappa shape index (κ3) is 5.90. The Morgan fingerprint density at radius 2 is 1.28 bits per heavy atom. The molecule has 0 radical (unpaired) electrons. The highest BCUT2D eigenvalue weighted by atomic mass is 16.6. The van der Waals surface area contributed by atoms with Crippen molar-refractivity contribution in [2.45, 2.75) is 53.9 Å². The number of carbonyl (C=O) groups is 2. The molecule has 0 aliphatic rings.